The molecule has 1 aromatic carbocycles. The number of fused-ring (bicyclic) bond motifs is 1. The minimum Gasteiger partial charge on any atom is -0.353 e. The molecule has 1 saturated carbocycles. The smallest absolute Gasteiger partial charge is 0.237 e. The summed E-state index contributed by atoms with van der Waals surface area (Å²) in [5, 5.41) is 5.58. The molecule has 0 radical (unpaired) electrons. The van der Waals surface area contributed by atoms with Gasteiger partial charge < -0.3 is 10.6 Å². The molecule has 28 heavy (non-hydrogen) atoms. The molecule has 0 unspecified atom stereocenters. The van der Waals surface area contributed by atoms with E-state index in [1.165, 1.54) is 30.7 Å². The minimum atomic E-state index is -3.64. The Morgan fingerprint density at radius 2 is 1.93 bits per heavy atom. The van der Waals surface area contributed by atoms with E-state index < -0.39 is 15.8 Å². The predicted octanol–water partition coefficient (Wildman–Crippen LogP) is 3.37. The van der Waals surface area contributed by atoms with Crippen molar-refractivity contribution in [2.45, 2.75) is 73.5 Å². The molecule has 2 N–H and O–H groups in total. The first-order valence-corrected chi connectivity index (χ1v) is 12.4. The molecule has 0 aromatic heterocycles. The van der Waals surface area contributed by atoms with E-state index in [0.717, 1.165) is 30.6 Å². The van der Waals surface area contributed by atoms with Gasteiger partial charge >= 0.3 is 0 Å². The molecule has 1 heterocycles. The van der Waals surface area contributed by atoms with Gasteiger partial charge in [0.2, 0.25) is 11.8 Å². The second-order valence-electron chi connectivity index (χ2n) is 7.79. The van der Waals surface area contributed by atoms with Crippen molar-refractivity contribution in [3.05, 3.63) is 18.2 Å². The van der Waals surface area contributed by atoms with Crippen LogP contribution in [0.1, 0.15) is 52.4 Å². The third-order valence-corrected chi connectivity index (χ3v) is 8.45. The van der Waals surface area contributed by atoms with Crippen molar-refractivity contribution in [1.29, 1.82) is 0 Å². The van der Waals surface area contributed by atoms with Crippen molar-refractivity contribution in [2.75, 3.05) is 11.1 Å². The van der Waals surface area contributed by atoms with Gasteiger partial charge in [-0.25, -0.2) is 8.42 Å². The van der Waals surface area contributed by atoms with Gasteiger partial charge in [-0.15, -0.1) is 11.8 Å². The molecule has 0 bridgehead atoms. The first-order chi connectivity index (χ1) is 13.3. The summed E-state index contributed by atoms with van der Waals surface area (Å²) in [6.07, 6.45) is 6.53. The van der Waals surface area contributed by atoms with E-state index in [4.69, 9.17) is 0 Å². The van der Waals surface area contributed by atoms with Gasteiger partial charge in [-0.05, 0) is 38.0 Å². The highest BCUT2D eigenvalue weighted by Gasteiger charge is 2.28. The Balaban J connectivity index is 1.66. The highest BCUT2D eigenvalue weighted by Crippen LogP contribution is 2.37. The number of amides is 2. The SMILES string of the molecule is C[C@@H](CS(=O)(=O)c1ccc2c(c1)NC(=O)[C@@H](C)S2)C(=O)NC1CCCCCC1. The lowest BCUT2D eigenvalue weighted by Crippen LogP contribution is -2.39. The molecule has 2 aliphatic rings. The Hall–Kier alpha value is -1.54. The number of rotatable bonds is 5. The summed E-state index contributed by atoms with van der Waals surface area (Å²) >= 11 is 1.41. The molecule has 0 saturated heterocycles. The molecule has 1 fully saturated rings. The first kappa shape index (κ1) is 21.2. The van der Waals surface area contributed by atoms with Gasteiger partial charge in [-0.2, -0.15) is 0 Å². The fraction of sp³-hybridized carbons (Fsp3) is 0.600. The third-order valence-electron chi connectivity index (χ3n) is 5.36. The Morgan fingerprint density at radius 3 is 2.61 bits per heavy atom. The molecule has 8 heteroatoms. The fourth-order valence-corrected chi connectivity index (χ4v) is 6.15. The quantitative estimate of drug-likeness (QED) is 0.707. The molecule has 0 spiro atoms. The monoisotopic (exact) mass is 424 g/mol. The highest BCUT2D eigenvalue weighted by atomic mass is 32.2. The van der Waals surface area contributed by atoms with Crippen molar-refractivity contribution in [1.82, 2.24) is 5.32 Å². The van der Waals surface area contributed by atoms with Crippen molar-refractivity contribution in [2.24, 2.45) is 5.92 Å². The van der Waals surface area contributed by atoms with Crippen LogP contribution in [0.2, 0.25) is 0 Å². The van der Waals surface area contributed by atoms with Gasteiger partial charge in [0.05, 0.1) is 21.6 Å². The number of anilines is 1. The van der Waals surface area contributed by atoms with Crippen LogP contribution in [-0.4, -0.2) is 37.3 Å². The standard InChI is InChI=1S/C20H28N2O4S2/c1-13(19(23)21-15-7-5-3-4-6-8-15)12-28(25,26)16-9-10-18-17(11-16)22-20(24)14(2)27-18/h9-11,13-15H,3-8,12H2,1-2H3,(H,21,23)(H,22,24)/t13-,14+/m0/s1. The number of carbonyl (C=O) groups is 2. The topological polar surface area (TPSA) is 92.3 Å². The number of carbonyl (C=O) groups excluding carboxylic acids is 2. The molecule has 1 aliphatic heterocycles. The maximum Gasteiger partial charge on any atom is 0.237 e. The van der Waals surface area contributed by atoms with E-state index in [1.54, 1.807) is 19.1 Å². The first-order valence-electron chi connectivity index (χ1n) is 9.91. The van der Waals surface area contributed by atoms with Gasteiger partial charge in [-0.3, -0.25) is 9.59 Å². The largest absolute Gasteiger partial charge is 0.353 e. The number of nitrogens with one attached hydrogen (secondary N) is 2. The maximum absolute atomic E-state index is 12.8. The predicted molar refractivity (Wildman–Crippen MR) is 111 cm³/mol. The Bertz CT molecular complexity index is 846. The molecule has 2 amide bonds. The average Bonchev–Trinajstić information content (AvgIpc) is 2.90. The zero-order valence-corrected chi connectivity index (χ0v) is 18.0. The summed E-state index contributed by atoms with van der Waals surface area (Å²) in [5.41, 5.74) is 0.518. The normalized spacial score (nSPS) is 21.9. The summed E-state index contributed by atoms with van der Waals surface area (Å²) in [7, 11) is -3.64. The van der Waals surface area contributed by atoms with Crippen LogP contribution >= 0.6 is 11.8 Å². The summed E-state index contributed by atoms with van der Waals surface area (Å²) < 4.78 is 25.7. The number of thioether (sulfide) groups is 1. The molecule has 2 atom stereocenters. The van der Waals surface area contributed by atoms with Crippen molar-refractivity contribution >= 4 is 39.1 Å². The van der Waals surface area contributed by atoms with E-state index in [1.807, 2.05) is 6.92 Å². The minimum absolute atomic E-state index is 0.135. The van der Waals surface area contributed by atoms with Crippen LogP contribution in [0.4, 0.5) is 5.69 Å². The van der Waals surface area contributed by atoms with Crippen LogP contribution in [0.25, 0.3) is 0 Å². The maximum atomic E-state index is 12.8. The lowest BCUT2D eigenvalue weighted by molar-refractivity contribution is -0.124. The van der Waals surface area contributed by atoms with E-state index in [-0.39, 0.29) is 33.8 Å². The second kappa shape index (κ2) is 8.86. The highest BCUT2D eigenvalue weighted by molar-refractivity contribution is 8.01. The Labute approximate surface area is 171 Å². The van der Waals surface area contributed by atoms with E-state index in [0.29, 0.717) is 5.69 Å². The molecule has 6 nitrogen and oxygen atoms in total. The van der Waals surface area contributed by atoms with Crippen LogP contribution in [0, 0.1) is 5.92 Å². The molecular formula is C20H28N2O4S2. The summed E-state index contributed by atoms with van der Waals surface area (Å²) in [5.74, 6) is -1.22. The number of benzene rings is 1. The lowest BCUT2D eigenvalue weighted by Gasteiger charge is -2.22. The third kappa shape index (κ3) is 5.08. The summed E-state index contributed by atoms with van der Waals surface area (Å²) in [4.78, 5) is 25.4. The van der Waals surface area contributed by atoms with Crippen molar-refractivity contribution < 1.29 is 18.0 Å². The van der Waals surface area contributed by atoms with Gasteiger partial charge in [0.1, 0.15) is 0 Å². The van der Waals surface area contributed by atoms with Crippen LogP contribution in [0.5, 0.6) is 0 Å². The lowest BCUT2D eigenvalue weighted by atomic mass is 10.1. The Kier molecular flexibility index (Phi) is 6.70. The second-order valence-corrected chi connectivity index (χ2v) is 11.2. The zero-order valence-electron chi connectivity index (χ0n) is 16.4. The van der Waals surface area contributed by atoms with Gasteiger partial charge in [0.25, 0.3) is 0 Å². The molecule has 1 aromatic rings. The molecule has 3 rings (SSSR count). The van der Waals surface area contributed by atoms with Crippen LogP contribution in [-0.2, 0) is 19.4 Å². The van der Waals surface area contributed by atoms with Crippen LogP contribution < -0.4 is 10.6 Å². The van der Waals surface area contributed by atoms with E-state index in [2.05, 4.69) is 10.6 Å². The van der Waals surface area contributed by atoms with Crippen molar-refractivity contribution in [3.63, 3.8) is 0 Å². The molecule has 1 aliphatic carbocycles. The summed E-state index contributed by atoms with van der Waals surface area (Å²) in [6.45, 7) is 3.46. The average molecular weight is 425 g/mol. The molecule has 154 valence electrons. The van der Waals surface area contributed by atoms with Gasteiger partial charge in [0.15, 0.2) is 9.84 Å². The molecular weight excluding hydrogens is 396 g/mol. The van der Waals surface area contributed by atoms with E-state index >= 15 is 0 Å². The number of sulfone groups is 1. The van der Waals surface area contributed by atoms with Crippen LogP contribution in [0.3, 0.4) is 0 Å². The van der Waals surface area contributed by atoms with Crippen LogP contribution in [0.15, 0.2) is 28.0 Å². The fourth-order valence-electron chi connectivity index (χ4n) is 3.65. The number of hydrogen-bond acceptors (Lipinski definition) is 5. The van der Waals surface area contributed by atoms with Gasteiger partial charge in [-0.1, -0.05) is 32.6 Å². The van der Waals surface area contributed by atoms with Gasteiger partial charge in [0, 0.05) is 16.9 Å². The number of hydrogen-bond donors (Lipinski definition) is 2. The van der Waals surface area contributed by atoms with E-state index in [9.17, 15) is 18.0 Å². The summed E-state index contributed by atoms with van der Waals surface area (Å²) in [6, 6.07) is 4.93. The zero-order chi connectivity index (χ0) is 20.3. The van der Waals surface area contributed by atoms with Crippen molar-refractivity contribution in [3.8, 4) is 0 Å². The Morgan fingerprint density at radius 1 is 1.25 bits per heavy atom.